The van der Waals surface area contributed by atoms with Crippen LogP contribution in [0.3, 0.4) is 0 Å². The van der Waals surface area contributed by atoms with E-state index in [1.54, 1.807) is 6.08 Å². The molecule has 0 aliphatic rings. The fraction of sp³-hybridized carbons (Fsp3) is 0.824. The number of hydrogen-bond donors (Lipinski definition) is 3. The summed E-state index contributed by atoms with van der Waals surface area (Å²) in [5.41, 5.74) is 0. The lowest BCUT2D eigenvalue weighted by Gasteiger charge is -2.25. The first-order valence-electron chi connectivity index (χ1n) is 35.8. The van der Waals surface area contributed by atoms with Gasteiger partial charge >= 0.3 is 7.82 Å². The highest BCUT2D eigenvalue weighted by Crippen LogP contribution is 2.43. The Morgan fingerprint density at radius 2 is 0.723 bits per heavy atom. The molecule has 0 heterocycles. The van der Waals surface area contributed by atoms with Crippen molar-refractivity contribution >= 4 is 13.7 Å². The predicted octanol–water partition coefficient (Wildman–Crippen LogP) is 22.9. The second kappa shape index (κ2) is 64.4. The number of allylic oxidation sites excluding steroid dienone is 11. The summed E-state index contributed by atoms with van der Waals surface area (Å²) in [6, 6.07) is -0.853. The van der Waals surface area contributed by atoms with Gasteiger partial charge in [-0.25, -0.2) is 4.57 Å². The number of carbonyl (C=O) groups excluding carboxylic acids is 1. The molecule has 8 nitrogen and oxygen atoms in total. The van der Waals surface area contributed by atoms with Gasteiger partial charge in [0.05, 0.1) is 39.9 Å². The Kier molecular flexibility index (Phi) is 62.8. The number of amides is 1. The molecule has 3 unspecified atom stereocenters. The van der Waals surface area contributed by atoms with Crippen molar-refractivity contribution in [3.05, 3.63) is 72.9 Å². The van der Waals surface area contributed by atoms with Crippen molar-refractivity contribution in [1.82, 2.24) is 5.32 Å². The summed E-state index contributed by atoms with van der Waals surface area (Å²) in [7, 11) is 1.58. The smallest absolute Gasteiger partial charge is 0.387 e. The Hall–Kier alpha value is -2.06. The highest BCUT2D eigenvalue weighted by atomic mass is 31.2. The Labute approximate surface area is 516 Å². The molecule has 486 valence electrons. The van der Waals surface area contributed by atoms with Crippen LogP contribution < -0.4 is 5.32 Å². The lowest BCUT2D eigenvalue weighted by atomic mass is 10.0. The monoisotopic (exact) mass is 1180 g/mol. The zero-order valence-electron chi connectivity index (χ0n) is 55.7. The van der Waals surface area contributed by atoms with Crippen LogP contribution in [0.1, 0.15) is 341 Å². The number of likely N-dealkylation sites (N-methyl/N-ethyl adjacent to an activating group) is 1. The molecule has 0 rings (SSSR count). The predicted molar refractivity (Wildman–Crippen MR) is 364 cm³/mol. The van der Waals surface area contributed by atoms with Crippen molar-refractivity contribution < 1.29 is 32.9 Å². The average Bonchev–Trinajstić information content (AvgIpc) is 3.50. The number of aliphatic hydroxyl groups excluding tert-OH is 1. The number of aliphatic hydroxyl groups is 1. The zero-order valence-corrected chi connectivity index (χ0v) is 56.6. The molecule has 0 spiro atoms. The van der Waals surface area contributed by atoms with Gasteiger partial charge in [-0.2, -0.15) is 0 Å². The minimum absolute atomic E-state index is 0.0599. The van der Waals surface area contributed by atoms with Gasteiger partial charge in [0.25, 0.3) is 0 Å². The zero-order chi connectivity index (χ0) is 60.5. The minimum Gasteiger partial charge on any atom is -0.387 e. The third kappa shape index (κ3) is 67.3. The number of carbonyl (C=O) groups is 1. The highest BCUT2D eigenvalue weighted by molar-refractivity contribution is 7.47. The Morgan fingerprint density at radius 1 is 0.422 bits per heavy atom. The van der Waals surface area contributed by atoms with Gasteiger partial charge in [0, 0.05) is 6.42 Å². The summed E-state index contributed by atoms with van der Waals surface area (Å²) < 4.78 is 23.8. The standard InChI is InChI=1S/C74H139N2O6P/c1-6-8-10-12-14-16-18-20-22-24-26-28-30-32-34-36-37-38-40-41-43-45-47-49-51-53-55-57-59-61-63-65-67-73(77)72(71-82-83(79,80)81-70-69-76(3,4)5)75-74(78)68-66-64-62-60-58-56-54-52-50-48-46-44-42-39-35-33-31-29-27-25-23-21-19-17-15-13-11-9-7-2/h9,11,15,17,21,23,27,29,33,35,65,67,72-73,77H,6-8,10,12-14,16,18-20,22,24-26,28,30-32,34,36-64,66,68-71H2,1-5H3,(H-,75,78,79,80)/p+1/b11-9-,17-15-,23-21-,29-27-,35-33-,67-65+. The van der Waals surface area contributed by atoms with Crippen molar-refractivity contribution in [2.75, 3.05) is 40.9 Å². The molecule has 0 saturated carbocycles. The van der Waals surface area contributed by atoms with E-state index in [4.69, 9.17) is 9.05 Å². The molecular weight excluding hydrogens is 1040 g/mol. The summed E-state index contributed by atoms with van der Waals surface area (Å²) in [4.78, 5) is 23.4. The maximum atomic E-state index is 13.1. The molecule has 0 saturated heterocycles. The molecule has 9 heteroatoms. The van der Waals surface area contributed by atoms with Crippen LogP contribution in [-0.2, 0) is 18.4 Å². The first-order valence-corrected chi connectivity index (χ1v) is 37.3. The van der Waals surface area contributed by atoms with Crippen molar-refractivity contribution in [3.8, 4) is 0 Å². The van der Waals surface area contributed by atoms with Crippen molar-refractivity contribution in [3.63, 3.8) is 0 Å². The molecule has 0 radical (unpaired) electrons. The maximum absolute atomic E-state index is 13.1. The fourth-order valence-corrected chi connectivity index (χ4v) is 11.4. The third-order valence-corrected chi connectivity index (χ3v) is 17.2. The van der Waals surface area contributed by atoms with Crippen LogP contribution in [0.4, 0.5) is 0 Å². The van der Waals surface area contributed by atoms with Gasteiger partial charge < -0.3 is 19.8 Å². The number of hydrogen-bond acceptors (Lipinski definition) is 5. The number of nitrogens with one attached hydrogen (secondary N) is 1. The van der Waals surface area contributed by atoms with Crippen molar-refractivity contribution in [1.29, 1.82) is 0 Å². The number of quaternary nitrogens is 1. The van der Waals surface area contributed by atoms with E-state index in [1.165, 1.54) is 250 Å². The molecule has 3 N–H and O–H groups in total. The summed E-state index contributed by atoms with van der Waals surface area (Å²) in [5.74, 6) is -0.176. The second-order valence-corrected chi connectivity index (χ2v) is 27.0. The lowest BCUT2D eigenvalue weighted by Crippen LogP contribution is -2.45. The summed E-state index contributed by atoms with van der Waals surface area (Å²) in [6.07, 6.45) is 90.5. The molecule has 0 aromatic rings. The summed E-state index contributed by atoms with van der Waals surface area (Å²) in [5, 5.41) is 14.0. The van der Waals surface area contributed by atoms with E-state index in [1.807, 2.05) is 27.2 Å². The molecule has 0 aromatic carbocycles. The minimum atomic E-state index is -4.36. The van der Waals surface area contributed by atoms with Crippen molar-refractivity contribution in [2.24, 2.45) is 0 Å². The Balaban J connectivity index is 4.06. The van der Waals surface area contributed by atoms with Gasteiger partial charge in [0.15, 0.2) is 0 Å². The van der Waals surface area contributed by atoms with E-state index < -0.39 is 20.0 Å². The second-order valence-electron chi connectivity index (χ2n) is 25.6. The largest absolute Gasteiger partial charge is 0.472 e. The highest BCUT2D eigenvalue weighted by Gasteiger charge is 2.28. The topological polar surface area (TPSA) is 105 Å². The van der Waals surface area contributed by atoms with E-state index in [0.717, 1.165) is 70.6 Å². The molecule has 0 bridgehead atoms. The van der Waals surface area contributed by atoms with Gasteiger partial charge in [-0.1, -0.05) is 344 Å². The first kappa shape index (κ1) is 80.9. The van der Waals surface area contributed by atoms with Gasteiger partial charge in [0.2, 0.25) is 5.91 Å². The molecule has 3 atom stereocenters. The van der Waals surface area contributed by atoms with Gasteiger partial charge in [0.1, 0.15) is 13.2 Å². The fourth-order valence-electron chi connectivity index (χ4n) is 10.7. The normalized spacial score (nSPS) is 14.1. The molecule has 0 fully saturated rings. The average molecular weight is 1180 g/mol. The number of rotatable bonds is 66. The van der Waals surface area contributed by atoms with Gasteiger partial charge in [-0.15, -0.1) is 0 Å². The quantitative estimate of drug-likeness (QED) is 0.0243. The summed E-state index contributed by atoms with van der Waals surface area (Å²) >= 11 is 0. The van der Waals surface area contributed by atoms with Crippen LogP contribution in [0.2, 0.25) is 0 Å². The van der Waals surface area contributed by atoms with Gasteiger partial charge in [-0.3, -0.25) is 13.8 Å². The van der Waals surface area contributed by atoms with Gasteiger partial charge in [-0.05, 0) is 64.2 Å². The van der Waals surface area contributed by atoms with E-state index in [0.29, 0.717) is 17.4 Å². The van der Waals surface area contributed by atoms with Crippen LogP contribution in [0.5, 0.6) is 0 Å². The van der Waals surface area contributed by atoms with Crippen LogP contribution in [0, 0.1) is 0 Å². The molecule has 83 heavy (non-hydrogen) atoms. The third-order valence-electron chi connectivity index (χ3n) is 16.2. The molecule has 1 amide bonds. The number of unbranched alkanes of at least 4 members (excludes halogenated alkanes) is 43. The SMILES string of the molecule is CC/C=C\C/C=C\C/C=C\C/C=C\C/C=C\CCCCCCCCCCCCCCCC(=O)NC(COP(=O)(O)OCC[N+](C)(C)C)C(O)/C=C/CCCCCCCCCCCCCCCCCCCCCCCCCCCCCCCC. The van der Waals surface area contributed by atoms with Crippen molar-refractivity contribution in [2.45, 2.75) is 353 Å². The number of phosphoric acid groups is 1. The molecule has 0 aliphatic heterocycles. The van der Waals surface area contributed by atoms with Crippen LogP contribution >= 0.6 is 7.82 Å². The maximum Gasteiger partial charge on any atom is 0.472 e. The van der Waals surface area contributed by atoms with E-state index in [2.05, 4.69) is 79.9 Å². The Morgan fingerprint density at radius 3 is 1.06 bits per heavy atom. The van der Waals surface area contributed by atoms with Crippen LogP contribution in [0.15, 0.2) is 72.9 Å². The lowest BCUT2D eigenvalue weighted by molar-refractivity contribution is -0.870. The Bertz CT molecular complexity index is 1580. The molecular formula is C74H140N2O6P+. The summed E-state index contributed by atoms with van der Waals surface area (Å²) in [6.45, 7) is 4.74. The molecule has 0 aliphatic carbocycles. The number of nitrogens with zero attached hydrogens (tertiary/aromatic N) is 1. The van der Waals surface area contributed by atoms with E-state index >= 15 is 0 Å². The molecule has 0 aromatic heterocycles. The van der Waals surface area contributed by atoms with Crippen LogP contribution in [-0.4, -0.2) is 73.4 Å². The van der Waals surface area contributed by atoms with E-state index in [9.17, 15) is 19.4 Å². The first-order chi connectivity index (χ1) is 40.5. The number of phosphoric ester groups is 1. The van der Waals surface area contributed by atoms with E-state index in [-0.39, 0.29) is 19.1 Å². The van der Waals surface area contributed by atoms with Crippen LogP contribution in [0.25, 0.3) is 0 Å².